The minimum atomic E-state index is -0.321. The maximum atomic E-state index is 8.68. The molecule has 0 aliphatic rings. The van der Waals surface area contributed by atoms with Crippen LogP contribution < -0.4 is 5.32 Å². The molecule has 0 radical (unpaired) electrons. The lowest BCUT2D eigenvalue weighted by Crippen LogP contribution is -2.15. The molecule has 0 aliphatic heterocycles. The van der Waals surface area contributed by atoms with Crippen molar-refractivity contribution in [1.82, 2.24) is 10.3 Å². The van der Waals surface area contributed by atoms with Crippen molar-refractivity contribution < 1.29 is 0 Å². The Balaban J connectivity index is 2.89. The molecule has 1 N–H and O–H groups in total. The summed E-state index contributed by atoms with van der Waals surface area (Å²) in [5.41, 5.74) is 0.739. The van der Waals surface area contributed by atoms with Gasteiger partial charge in [0.1, 0.15) is 6.04 Å². The third-order valence-electron chi connectivity index (χ3n) is 1.46. The highest BCUT2D eigenvalue weighted by Crippen LogP contribution is 2.12. The topological polar surface area (TPSA) is 48.7 Å². The summed E-state index contributed by atoms with van der Waals surface area (Å²) in [4.78, 5) is 4.09. The predicted octanol–water partition coefficient (Wildman–Crippen LogP) is 1.63. The van der Waals surface area contributed by atoms with E-state index in [0.717, 1.165) is 10.2 Å². The Labute approximate surface area is 79.6 Å². The molecule has 0 spiro atoms. The zero-order chi connectivity index (χ0) is 8.97. The van der Waals surface area contributed by atoms with Gasteiger partial charge in [0.05, 0.1) is 11.8 Å². The van der Waals surface area contributed by atoms with Gasteiger partial charge in [-0.25, -0.2) is 0 Å². The van der Waals surface area contributed by atoms with Crippen molar-refractivity contribution in [1.29, 1.82) is 5.26 Å². The zero-order valence-electron chi connectivity index (χ0n) is 6.58. The van der Waals surface area contributed by atoms with E-state index in [4.69, 9.17) is 5.26 Å². The van der Waals surface area contributed by atoms with E-state index in [2.05, 4.69) is 32.3 Å². The molecule has 0 bridgehead atoms. The number of rotatable bonds is 2. The SMILES string of the molecule is CNC(C#N)c1ccc(Br)cn1. The van der Waals surface area contributed by atoms with Crippen molar-refractivity contribution in [3.8, 4) is 6.07 Å². The van der Waals surface area contributed by atoms with E-state index in [0.29, 0.717) is 0 Å². The molecule has 12 heavy (non-hydrogen) atoms. The van der Waals surface area contributed by atoms with E-state index in [9.17, 15) is 0 Å². The van der Waals surface area contributed by atoms with E-state index < -0.39 is 0 Å². The molecule has 0 saturated carbocycles. The van der Waals surface area contributed by atoms with Crippen molar-refractivity contribution in [2.24, 2.45) is 0 Å². The van der Waals surface area contributed by atoms with Gasteiger partial charge in [-0.15, -0.1) is 0 Å². The van der Waals surface area contributed by atoms with Crippen LogP contribution in [-0.2, 0) is 0 Å². The number of nitrogens with zero attached hydrogens (tertiary/aromatic N) is 2. The normalized spacial score (nSPS) is 12.1. The van der Waals surface area contributed by atoms with E-state index in [-0.39, 0.29) is 6.04 Å². The Morgan fingerprint density at radius 1 is 1.67 bits per heavy atom. The summed E-state index contributed by atoms with van der Waals surface area (Å²) in [6.07, 6.45) is 1.68. The number of pyridine rings is 1. The van der Waals surface area contributed by atoms with Crippen molar-refractivity contribution in [2.45, 2.75) is 6.04 Å². The maximum absolute atomic E-state index is 8.68. The lowest BCUT2D eigenvalue weighted by Gasteiger charge is -2.05. The van der Waals surface area contributed by atoms with Crippen LogP contribution in [0.5, 0.6) is 0 Å². The summed E-state index contributed by atoms with van der Waals surface area (Å²) in [6, 6.07) is 5.46. The van der Waals surface area contributed by atoms with Gasteiger partial charge in [0.25, 0.3) is 0 Å². The van der Waals surface area contributed by atoms with Crippen LogP contribution in [0.15, 0.2) is 22.8 Å². The molecule has 0 saturated heterocycles. The van der Waals surface area contributed by atoms with Gasteiger partial charge in [0.2, 0.25) is 0 Å². The summed E-state index contributed by atoms with van der Waals surface area (Å²) >= 11 is 3.27. The Morgan fingerprint density at radius 3 is 2.83 bits per heavy atom. The van der Waals surface area contributed by atoms with Crippen LogP contribution in [0.2, 0.25) is 0 Å². The van der Waals surface area contributed by atoms with Crippen molar-refractivity contribution >= 4 is 15.9 Å². The Morgan fingerprint density at radius 2 is 2.42 bits per heavy atom. The Bertz CT molecular complexity index is 288. The summed E-state index contributed by atoms with van der Waals surface area (Å²) in [5, 5.41) is 11.5. The monoisotopic (exact) mass is 225 g/mol. The smallest absolute Gasteiger partial charge is 0.138 e. The first-order valence-electron chi connectivity index (χ1n) is 3.46. The second-order valence-electron chi connectivity index (χ2n) is 2.25. The fraction of sp³-hybridized carbons (Fsp3) is 0.250. The molecule has 0 aromatic carbocycles. The lowest BCUT2D eigenvalue weighted by molar-refractivity contribution is 0.704. The largest absolute Gasteiger partial charge is 0.300 e. The molecule has 1 aromatic heterocycles. The molecular weight excluding hydrogens is 218 g/mol. The number of aromatic nitrogens is 1. The molecule has 1 atom stereocenters. The molecule has 1 aromatic rings. The molecule has 4 heteroatoms. The quantitative estimate of drug-likeness (QED) is 0.833. The molecule has 0 amide bonds. The van der Waals surface area contributed by atoms with Crippen LogP contribution in [0.25, 0.3) is 0 Å². The van der Waals surface area contributed by atoms with Crippen LogP contribution >= 0.6 is 15.9 Å². The van der Waals surface area contributed by atoms with E-state index >= 15 is 0 Å². The molecule has 1 heterocycles. The van der Waals surface area contributed by atoms with Crippen molar-refractivity contribution in [3.05, 3.63) is 28.5 Å². The van der Waals surface area contributed by atoms with Crippen LogP contribution in [0, 0.1) is 11.3 Å². The maximum Gasteiger partial charge on any atom is 0.138 e. The predicted molar refractivity (Wildman–Crippen MR) is 49.4 cm³/mol. The third-order valence-corrected chi connectivity index (χ3v) is 1.93. The second-order valence-corrected chi connectivity index (χ2v) is 3.17. The van der Waals surface area contributed by atoms with Gasteiger partial charge in [0.15, 0.2) is 0 Å². The van der Waals surface area contributed by atoms with Crippen molar-refractivity contribution in [3.63, 3.8) is 0 Å². The fourth-order valence-electron chi connectivity index (χ4n) is 0.837. The fourth-order valence-corrected chi connectivity index (χ4v) is 1.07. The highest BCUT2D eigenvalue weighted by molar-refractivity contribution is 9.10. The van der Waals surface area contributed by atoms with Gasteiger partial charge in [-0.3, -0.25) is 10.3 Å². The van der Waals surface area contributed by atoms with Gasteiger partial charge >= 0.3 is 0 Å². The van der Waals surface area contributed by atoms with Crippen LogP contribution in [0.1, 0.15) is 11.7 Å². The molecule has 3 nitrogen and oxygen atoms in total. The highest BCUT2D eigenvalue weighted by Gasteiger charge is 2.07. The number of halogens is 1. The third kappa shape index (κ3) is 2.03. The number of hydrogen-bond acceptors (Lipinski definition) is 3. The molecular formula is C8H8BrN3. The van der Waals surface area contributed by atoms with E-state index in [1.165, 1.54) is 0 Å². The summed E-state index contributed by atoms with van der Waals surface area (Å²) in [5.74, 6) is 0. The van der Waals surface area contributed by atoms with E-state index in [1.54, 1.807) is 13.2 Å². The van der Waals surface area contributed by atoms with Crippen molar-refractivity contribution in [2.75, 3.05) is 7.05 Å². The van der Waals surface area contributed by atoms with Crippen LogP contribution in [0.4, 0.5) is 0 Å². The number of hydrogen-bond donors (Lipinski definition) is 1. The minimum Gasteiger partial charge on any atom is -0.300 e. The van der Waals surface area contributed by atoms with Gasteiger partial charge < -0.3 is 0 Å². The van der Waals surface area contributed by atoms with Gasteiger partial charge in [-0.1, -0.05) is 0 Å². The Kier molecular flexibility index (Phi) is 3.20. The average molecular weight is 226 g/mol. The second kappa shape index (κ2) is 4.19. The Hall–Kier alpha value is -0.920. The van der Waals surface area contributed by atoms with Gasteiger partial charge in [-0.05, 0) is 35.1 Å². The molecule has 0 fully saturated rings. The number of nitriles is 1. The summed E-state index contributed by atoms with van der Waals surface area (Å²) in [7, 11) is 1.73. The summed E-state index contributed by atoms with van der Waals surface area (Å²) in [6.45, 7) is 0. The van der Waals surface area contributed by atoms with Crippen LogP contribution in [-0.4, -0.2) is 12.0 Å². The highest BCUT2D eigenvalue weighted by atomic mass is 79.9. The molecule has 1 unspecified atom stereocenters. The van der Waals surface area contributed by atoms with Crippen LogP contribution in [0.3, 0.4) is 0 Å². The minimum absolute atomic E-state index is 0.321. The molecule has 1 rings (SSSR count). The lowest BCUT2D eigenvalue weighted by atomic mass is 10.2. The summed E-state index contributed by atoms with van der Waals surface area (Å²) < 4.78 is 0.916. The van der Waals surface area contributed by atoms with Gasteiger partial charge in [-0.2, -0.15) is 5.26 Å². The first-order chi connectivity index (χ1) is 5.77. The molecule has 0 aliphatic carbocycles. The average Bonchev–Trinajstić information content (AvgIpc) is 2.10. The first-order valence-corrected chi connectivity index (χ1v) is 4.25. The van der Waals surface area contributed by atoms with E-state index in [1.807, 2.05) is 12.1 Å². The standard InChI is InChI=1S/C8H8BrN3/c1-11-8(4-10)7-3-2-6(9)5-12-7/h2-3,5,8,11H,1H3. The zero-order valence-corrected chi connectivity index (χ0v) is 8.17. The first kappa shape index (κ1) is 9.17. The van der Waals surface area contributed by atoms with Gasteiger partial charge in [0, 0.05) is 10.7 Å². The number of nitrogens with one attached hydrogen (secondary N) is 1. The molecule has 62 valence electrons.